The second-order valence-electron chi connectivity index (χ2n) is 4.86. The van der Waals surface area contributed by atoms with Crippen LogP contribution >= 0.6 is 0 Å². The Kier molecular flexibility index (Phi) is 6.01. The van der Waals surface area contributed by atoms with E-state index in [1.165, 1.54) is 0 Å². The van der Waals surface area contributed by atoms with Crippen molar-refractivity contribution in [2.45, 2.75) is 12.8 Å². The Morgan fingerprint density at radius 2 is 1.87 bits per heavy atom. The van der Waals surface area contributed by atoms with Gasteiger partial charge in [-0.25, -0.2) is 0 Å². The van der Waals surface area contributed by atoms with Crippen LogP contribution in [0.1, 0.15) is 12.0 Å². The molecule has 0 aromatic heterocycles. The summed E-state index contributed by atoms with van der Waals surface area (Å²) in [7, 11) is 1.61. The molecule has 23 heavy (non-hydrogen) atoms. The Bertz CT molecular complexity index is 690. The fourth-order valence-corrected chi connectivity index (χ4v) is 2.01. The van der Waals surface area contributed by atoms with Gasteiger partial charge < -0.3 is 14.8 Å². The van der Waals surface area contributed by atoms with E-state index in [2.05, 4.69) is 5.32 Å². The van der Waals surface area contributed by atoms with E-state index in [-0.39, 0.29) is 12.3 Å². The zero-order valence-electron chi connectivity index (χ0n) is 12.9. The lowest BCUT2D eigenvalue weighted by molar-refractivity contribution is -0.120. The van der Waals surface area contributed by atoms with Gasteiger partial charge >= 0.3 is 0 Å². The number of hydrogen-bond donors (Lipinski definition) is 1. The molecule has 0 atom stereocenters. The van der Waals surface area contributed by atoms with Crippen LogP contribution in [0, 0.1) is 11.3 Å². The number of hydrogen-bond acceptors (Lipinski definition) is 4. The Balaban J connectivity index is 1.87. The highest BCUT2D eigenvalue weighted by Crippen LogP contribution is 2.25. The largest absolute Gasteiger partial charge is 0.497 e. The first-order valence-electron chi connectivity index (χ1n) is 7.26. The van der Waals surface area contributed by atoms with E-state index in [1.54, 1.807) is 7.11 Å². The third-order valence-electron chi connectivity index (χ3n) is 3.18. The minimum absolute atomic E-state index is 0.104. The molecule has 2 aromatic carbocycles. The second-order valence-corrected chi connectivity index (χ2v) is 4.86. The highest BCUT2D eigenvalue weighted by molar-refractivity contribution is 5.77. The Morgan fingerprint density at radius 1 is 1.13 bits per heavy atom. The maximum atomic E-state index is 11.2. The molecule has 5 heteroatoms. The lowest BCUT2D eigenvalue weighted by Gasteiger charge is -2.08. The first-order chi connectivity index (χ1) is 11.2. The molecule has 5 nitrogen and oxygen atoms in total. The summed E-state index contributed by atoms with van der Waals surface area (Å²) in [5.41, 5.74) is 1.08. The molecule has 0 unspecified atom stereocenters. The number of ether oxygens (including phenoxy) is 2. The summed E-state index contributed by atoms with van der Waals surface area (Å²) >= 11 is 0. The van der Waals surface area contributed by atoms with Gasteiger partial charge in [-0.1, -0.05) is 18.2 Å². The van der Waals surface area contributed by atoms with Crippen LogP contribution in [0.2, 0.25) is 0 Å². The minimum atomic E-state index is -0.245. The molecule has 0 saturated carbocycles. The van der Waals surface area contributed by atoms with Crippen molar-refractivity contribution < 1.29 is 14.3 Å². The molecule has 0 aliphatic rings. The standard InChI is InChI=1S/C18H18N2O3/c1-22-16-3-2-4-17(13-16)23-15-7-5-14(6-8-15)10-12-20-18(21)9-11-19/h2-8,13H,9-10,12H2,1H3,(H,20,21). The number of nitrogens with zero attached hydrogens (tertiary/aromatic N) is 1. The van der Waals surface area contributed by atoms with Crippen molar-refractivity contribution in [1.82, 2.24) is 5.32 Å². The van der Waals surface area contributed by atoms with E-state index in [0.29, 0.717) is 18.7 Å². The smallest absolute Gasteiger partial charge is 0.234 e. The monoisotopic (exact) mass is 310 g/mol. The van der Waals surface area contributed by atoms with Gasteiger partial charge in [-0.05, 0) is 36.2 Å². The Labute approximate surface area is 135 Å². The molecule has 0 aliphatic carbocycles. The number of benzene rings is 2. The number of rotatable bonds is 7. The number of carbonyl (C=O) groups is 1. The van der Waals surface area contributed by atoms with Gasteiger partial charge in [-0.3, -0.25) is 4.79 Å². The molecule has 0 heterocycles. The van der Waals surface area contributed by atoms with E-state index in [1.807, 2.05) is 54.6 Å². The lowest BCUT2D eigenvalue weighted by atomic mass is 10.1. The fraction of sp³-hybridized carbons (Fsp3) is 0.222. The first kappa shape index (κ1) is 16.4. The molecule has 0 fully saturated rings. The number of carbonyl (C=O) groups excluding carboxylic acids is 1. The molecule has 1 amide bonds. The van der Waals surface area contributed by atoms with Crippen LogP contribution in [-0.4, -0.2) is 19.6 Å². The molecular weight excluding hydrogens is 292 g/mol. The zero-order valence-corrected chi connectivity index (χ0v) is 12.9. The molecular formula is C18H18N2O3. The number of methoxy groups -OCH3 is 1. The van der Waals surface area contributed by atoms with Crippen molar-refractivity contribution in [2.75, 3.05) is 13.7 Å². The van der Waals surface area contributed by atoms with Crippen molar-refractivity contribution in [3.05, 3.63) is 54.1 Å². The lowest BCUT2D eigenvalue weighted by Crippen LogP contribution is -2.24. The average Bonchev–Trinajstić information content (AvgIpc) is 2.57. The number of nitriles is 1. The van der Waals surface area contributed by atoms with Gasteiger partial charge in [0.1, 0.15) is 23.7 Å². The van der Waals surface area contributed by atoms with Crippen LogP contribution in [0.15, 0.2) is 48.5 Å². The number of amides is 1. The van der Waals surface area contributed by atoms with Gasteiger partial charge in [0, 0.05) is 12.6 Å². The van der Waals surface area contributed by atoms with Crippen LogP contribution in [-0.2, 0) is 11.2 Å². The summed E-state index contributed by atoms with van der Waals surface area (Å²) in [6.07, 6.45) is 0.601. The van der Waals surface area contributed by atoms with Crippen LogP contribution in [0.3, 0.4) is 0 Å². The quantitative estimate of drug-likeness (QED) is 0.853. The van der Waals surface area contributed by atoms with Crippen LogP contribution in [0.4, 0.5) is 0 Å². The third kappa shape index (κ3) is 5.36. The maximum absolute atomic E-state index is 11.2. The highest BCUT2D eigenvalue weighted by Gasteiger charge is 2.02. The van der Waals surface area contributed by atoms with E-state index < -0.39 is 0 Å². The summed E-state index contributed by atoms with van der Waals surface area (Å²) < 4.78 is 10.9. The minimum Gasteiger partial charge on any atom is -0.497 e. The molecule has 2 aromatic rings. The fourth-order valence-electron chi connectivity index (χ4n) is 2.01. The van der Waals surface area contributed by atoms with Gasteiger partial charge in [-0.2, -0.15) is 5.26 Å². The molecule has 0 spiro atoms. The Hall–Kier alpha value is -3.00. The molecule has 0 bridgehead atoms. The first-order valence-corrected chi connectivity index (χ1v) is 7.26. The predicted molar refractivity (Wildman–Crippen MR) is 86.5 cm³/mol. The predicted octanol–water partition coefficient (Wildman–Crippen LogP) is 3.06. The summed E-state index contributed by atoms with van der Waals surface area (Å²) in [6, 6.07) is 16.9. The SMILES string of the molecule is COc1cccc(Oc2ccc(CCNC(=O)CC#N)cc2)c1. The molecule has 1 N–H and O–H groups in total. The van der Waals surface area contributed by atoms with E-state index >= 15 is 0 Å². The average molecular weight is 310 g/mol. The maximum Gasteiger partial charge on any atom is 0.234 e. The Morgan fingerprint density at radius 3 is 2.57 bits per heavy atom. The third-order valence-corrected chi connectivity index (χ3v) is 3.18. The van der Waals surface area contributed by atoms with Gasteiger partial charge in [0.2, 0.25) is 5.91 Å². The van der Waals surface area contributed by atoms with Crippen molar-refractivity contribution >= 4 is 5.91 Å². The molecule has 2 rings (SSSR count). The van der Waals surface area contributed by atoms with Crippen LogP contribution in [0.25, 0.3) is 0 Å². The van der Waals surface area contributed by atoms with Gasteiger partial charge in [0.05, 0.1) is 13.2 Å². The highest BCUT2D eigenvalue weighted by atomic mass is 16.5. The summed E-state index contributed by atoms with van der Waals surface area (Å²) in [4.78, 5) is 11.2. The van der Waals surface area contributed by atoms with Crippen molar-refractivity contribution in [3.63, 3.8) is 0 Å². The van der Waals surface area contributed by atoms with Crippen molar-refractivity contribution in [3.8, 4) is 23.3 Å². The van der Waals surface area contributed by atoms with Gasteiger partial charge in [-0.15, -0.1) is 0 Å². The molecule has 0 aliphatic heterocycles. The van der Waals surface area contributed by atoms with Crippen molar-refractivity contribution in [2.24, 2.45) is 0 Å². The normalized spacial score (nSPS) is 9.74. The van der Waals surface area contributed by atoms with Crippen molar-refractivity contribution in [1.29, 1.82) is 5.26 Å². The van der Waals surface area contributed by atoms with Gasteiger partial charge in [0.25, 0.3) is 0 Å². The van der Waals surface area contributed by atoms with E-state index in [4.69, 9.17) is 14.7 Å². The zero-order chi connectivity index (χ0) is 16.5. The molecule has 118 valence electrons. The van der Waals surface area contributed by atoms with Crippen LogP contribution in [0.5, 0.6) is 17.2 Å². The summed E-state index contributed by atoms with van der Waals surface area (Å²) in [5, 5.41) is 11.1. The summed E-state index contributed by atoms with van der Waals surface area (Å²) in [6.45, 7) is 0.511. The molecule has 0 saturated heterocycles. The number of nitrogens with one attached hydrogen (secondary N) is 1. The van der Waals surface area contributed by atoms with Gasteiger partial charge in [0.15, 0.2) is 0 Å². The molecule has 0 radical (unpaired) electrons. The topological polar surface area (TPSA) is 71.3 Å². The second kappa shape index (κ2) is 8.44. The summed E-state index contributed by atoms with van der Waals surface area (Å²) in [5.74, 6) is 1.94. The van der Waals surface area contributed by atoms with E-state index in [9.17, 15) is 4.79 Å². The van der Waals surface area contributed by atoms with Crippen LogP contribution < -0.4 is 14.8 Å². The van der Waals surface area contributed by atoms with E-state index in [0.717, 1.165) is 17.1 Å².